The Labute approximate surface area is 276 Å². The molecule has 0 saturated carbocycles. The van der Waals surface area contributed by atoms with Crippen molar-refractivity contribution >= 4 is 23.5 Å². The molecule has 7 aromatic rings. The second kappa shape index (κ2) is 14.3. The summed E-state index contributed by atoms with van der Waals surface area (Å²) in [6.45, 7) is 0. The second-order valence-electron chi connectivity index (χ2n) is 10.4. The first-order chi connectivity index (χ1) is 22.8. The number of nitrogens with zero attached hydrogens (tertiary/aromatic N) is 6. The van der Waals surface area contributed by atoms with E-state index in [1.54, 1.807) is 23.5 Å². The van der Waals surface area contributed by atoms with Gasteiger partial charge in [0.2, 0.25) is 10.3 Å². The molecule has 46 heavy (non-hydrogen) atoms. The Hall–Kier alpha value is -5.18. The summed E-state index contributed by atoms with van der Waals surface area (Å²) in [5, 5.41) is 19.4. The Kier molecular flexibility index (Phi) is 9.17. The number of benzene rings is 5. The van der Waals surface area contributed by atoms with Crippen molar-refractivity contribution in [3.8, 4) is 45.0 Å². The van der Waals surface area contributed by atoms with Crippen molar-refractivity contribution in [2.45, 2.75) is 21.8 Å². The van der Waals surface area contributed by atoms with Gasteiger partial charge in [0.05, 0.1) is 0 Å². The summed E-state index contributed by atoms with van der Waals surface area (Å²) >= 11 is 3.17. The lowest BCUT2D eigenvalue weighted by atomic mass is 10.0. The smallest absolute Gasteiger partial charge is 0.210 e. The molecule has 0 spiro atoms. The van der Waals surface area contributed by atoms with Crippen LogP contribution in [0, 0.1) is 0 Å². The van der Waals surface area contributed by atoms with Crippen molar-refractivity contribution in [2.24, 2.45) is 0 Å². The number of aromatic nitrogens is 6. The highest BCUT2D eigenvalue weighted by atomic mass is 32.2. The van der Waals surface area contributed by atoms with E-state index >= 15 is 0 Å². The summed E-state index contributed by atoms with van der Waals surface area (Å²) < 4.78 is 0. The van der Waals surface area contributed by atoms with Crippen molar-refractivity contribution in [2.75, 3.05) is 0 Å². The maximum atomic E-state index is 4.94. The van der Waals surface area contributed by atoms with Crippen LogP contribution >= 0.6 is 23.5 Å². The fourth-order valence-electron chi connectivity index (χ4n) is 4.95. The monoisotopic (exact) mass is 632 g/mol. The average molecular weight is 633 g/mol. The summed E-state index contributed by atoms with van der Waals surface area (Å²) in [6, 6.07) is 49.1. The summed E-state index contributed by atoms with van der Waals surface area (Å²) in [7, 11) is 0. The van der Waals surface area contributed by atoms with Gasteiger partial charge in [0, 0.05) is 33.8 Å². The van der Waals surface area contributed by atoms with Crippen LogP contribution in [0.25, 0.3) is 45.0 Å². The number of hydrogen-bond acceptors (Lipinski definition) is 8. The number of rotatable bonds is 10. The molecule has 5 aromatic carbocycles. The van der Waals surface area contributed by atoms with E-state index in [4.69, 9.17) is 9.97 Å². The van der Waals surface area contributed by atoms with Gasteiger partial charge in [-0.3, -0.25) is 0 Å². The van der Waals surface area contributed by atoms with Crippen molar-refractivity contribution in [3.63, 3.8) is 0 Å². The maximum absolute atomic E-state index is 4.94. The lowest BCUT2D eigenvalue weighted by Crippen LogP contribution is -1.99. The first kappa shape index (κ1) is 29.5. The molecule has 222 valence electrons. The van der Waals surface area contributed by atoms with Gasteiger partial charge >= 0.3 is 0 Å². The van der Waals surface area contributed by atoms with Crippen LogP contribution in [-0.4, -0.2) is 30.4 Å². The Bertz CT molecular complexity index is 1880. The molecule has 7 rings (SSSR count). The standard InChI is InChI=1S/C38H28N6S2/c1-5-13-29(14-6-1)33-35(31-17-9-3-10-18-31)41-43-37(39-33)45-25-27-21-23-28(24-22-27)26-46-38-40-34(30-15-7-2-8-16-30)36(42-44-38)32-19-11-4-12-20-32/h1-24H,25-26H2. The lowest BCUT2D eigenvalue weighted by molar-refractivity contribution is 0.849. The summed E-state index contributed by atoms with van der Waals surface area (Å²) in [5.74, 6) is 1.48. The minimum atomic E-state index is 0.649. The Morgan fingerprint density at radius 2 is 0.630 bits per heavy atom. The SMILES string of the molecule is c1ccc(-c2nnc(SCc3ccc(CSc4nnc(-c5ccccc5)c(-c5ccccc5)n4)cc3)nc2-c2ccccc2)cc1. The van der Waals surface area contributed by atoms with Gasteiger partial charge < -0.3 is 0 Å². The third-order valence-electron chi connectivity index (χ3n) is 7.28. The minimum absolute atomic E-state index is 0.649. The number of thioether (sulfide) groups is 2. The maximum Gasteiger partial charge on any atom is 0.210 e. The summed E-state index contributed by atoms with van der Waals surface area (Å²) in [4.78, 5) is 9.87. The summed E-state index contributed by atoms with van der Waals surface area (Å²) in [6.07, 6.45) is 0. The Morgan fingerprint density at radius 1 is 0.326 bits per heavy atom. The van der Waals surface area contributed by atoms with Gasteiger partial charge in [-0.2, -0.15) is 0 Å². The third kappa shape index (κ3) is 7.04. The molecule has 6 nitrogen and oxygen atoms in total. The quantitative estimate of drug-likeness (QED) is 0.138. The van der Waals surface area contributed by atoms with Crippen molar-refractivity contribution in [1.82, 2.24) is 30.4 Å². The highest BCUT2D eigenvalue weighted by Crippen LogP contribution is 2.32. The fourth-order valence-corrected chi connectivity index (χ4v) is 6.43. The van der Waals surface area contributed by atoms with E-state index in [9.17, 15) is 0 Å². The molecule has 0 bridgehead atoms. The largest absolute Gasteiger partial charge is 0.219 e. The molecule has 0 aliphatic heterocycles. The zero-order valence-corrected chi connectivity index (χ0v) is 26.4. The van der Waals surface area contributed by atoms with E-state index in [0.29, 0.717) is 10.3 Å². The molecule has 0 unspecified atom stereocenters. The van der Waals surface area contributed by atoms with Crippen LogP contribution < -0.4 is 0 Å². The predicted molar refractivity (Wildman–Crippen MR) is 187 cm³/mol. The van der Waals surface area contributed by atoms with E-state index in [-0.39, 0.29) is 0 Å². The molecule has 0 atom stereocenters. The fraction of sp³-hybridized carbons (Fsp3) is 0.0526. The highest BCUT2D eigenvalue weighted by Gasteiger charge is 2.15. The highest BCUT2D eigenvalue weighted by molar-refractivity contribution is 7.98. The normalized spacial score (nSPS) is 11.0. The van der Waals surface area contributed by atoms with Gasteiger partial charge in [-0.1, -0.05) is 169 Å². The van der Waals surface area contributed by atoms with Crippen LogP contribution in [0.15, 0.2) is 156 Å². The van der Waals surface area contributed by atoms with E-state index < -0.39 is 0 Å². The zero-order valence-electron chi connectivity index (χ0n) is 24.8. The van der Waals surface area contributed by atoms with E-state index in [1.807, 2.05) is 97.1 Å². The molecule has 0 radical (unpaired) electrons. The molecule has 0 amide bonds. The van der Waals surface area contributed by atoms with Gasteiger partial charge in [0.1, 0.15) is 22.8 Å². The molecule has 0 fully saturated rings. The molecule has 8 heteroatoms. The molecular weight excluding hydrogens is 605 g/mol. The first-order valence-corrected chi connectivity index (χ1v) is 16.8. The van der Waals surface area contributed by atoms with Crippen LogP contribution in [0.5, 0.6) is 0 Å². The van der Waals surface area contributed by atoms with Crippen molar-refractivity contribution < 1.29 is 0 Å². The summed E-state index contributed by atoms with van der Waals surface area (Å²) in [5.41, 5.74) is 9.63. The average Bonchev–Trinajstić information content (AvgIpc) is 3.15. The van der Waals surface area contributed by atoms with Gasteiger partial charge in [-0.15, -0.1) is 20.4 Å². The van der Waals surface area contributed by atoms with Crippen LogP contribution in [-0.2, 0) is 11.5 Å². The van der Waals surface area contributed by atoms with Gasteiger partial charge in [-0.05, 0) is 11.1 Å². The van der Waals surface area contributed by atoms with Crippen LogP contribution in [0.3, 0.4) is 0 Å². The van der Waals surface area contributed by atoms with Gasteiger partial charge in [0.25, 0.3) is 0 Å². The topological polar surface area (TPSA) is 77.3 Å². The Morgan fingerprint density at radius 3 is 0.957 bits per heavy atom. The minimum Gasteiger partial charge on any atom is -0.219 e. The van der Waals surface area contributed by atoms with Crippen LogP contribution in [0.4, 0.5) is 0 Å². The first-order valence-electron chi connectivity index (χ1n) is 14.8. The molecule has 0 N–H and O–H groups in total. The molecule has 2 heterocycles. The van der Waals surface area contributed by atoms with Crippen LogP contribution in [0.2, 0.25) is 0 Å². The van der Waals surface area contributed by atoms with E-state index in [1.165, 1.54) is 11.1 Å². The predicted octanol–water partition coefficient (Wildman–Crippen LogP) is 9.31. The lowest BCUT2D eigenvalue weighted by Gasteiger charge is -2.10. The number of hydrogen-bond donors (Lipinski definition) is 0. The van der Waals surface area contributed by atoms with E-state index in [2.05, 4.69) is 68.9 Å². The van der Waals surface area contributed by atoms with Crippen LogP contribution in [0.1, 0.15) is 11.1 Å². The molecule has 2 aromatic heterocycles. The molecule has 0 aliphatic rings. The molecule has 0 saturated heterocycles. The van der Waals surface area contributed by atoms with Gasteiger partial charge in [-0.25, -0.2) is 9.97 Å². The van der Waals surface area contributed by atoms with E-state index in [0.717, 1.165) is 56.5 Å². The molecular formula is C38H28N6S2. The van der Waals surface area contributed by atoms with Crippen molar-refractivity contribution in [1.29, 1.82) is 0 Å². The van der Waals surface area contributed by atoms with Crippen molar-refractivity contribution in [3.05, 3.63) is 157 Å². The third-order valence-corrected chi connectivity index (χ3v) is 9.10. The molecule has 0 aliphatic carbocycles. The van der Waals surface area contributed by atoms with Gasteiger partial charge in [0.15, 0.2) is 0 Å². The Balaban J connectivity index is 1.03. The zero-order chi connectivity index (χ0) is 31.0. The second-order valence-corrected chi connectivity index (χ2v) is 12.3.